The number of esters is 3. The topological polar surface area (TPSA) is 82.1 Å². The molecule has 35 heavy (non-hydrogen) atoms. The van der Waals surface area contributed by atoms with Crippen LogP contribution in [0.25, 0.3) is 0 Å². The molecule has 0 radical (unpaired) electrons. The maximum absolute atomic E-state index is 12.8. The predicted octanol–water partition coefficient (Wildman–Crippen LogP) is 5.24. The number of rotatable bonds is 6. The van der Waals surface area contributed by atoms with Crippen molar-refractivity contribution in [2.24, 2.45) is 0 Å². The molecule has 0 spiro atoms. The fourth-order valence-electron chi connectivity index (χ4n) is 3.90. The Morgan fingerprint density at radius 1 is 1.06 bits per heavy atom. The summed E-state index contributed by atoms with van der Waals surface area (Å²) < 4.78 is 15.8. The second kappa shape index (κ2) is 11.7. The van der Waals surface area contributed by atoms with Gasteiger partial charge < -0.3 is 14.2 Å². The van der Waals surface area contributed by atoms with Gasteiger partial charge in [0.2, 0.25) is 0 Å². The number of ether oxygens (including phenoxy) is 3. The lowest BCUT2D eigenvalue weighted by Crippen LogP contribution is -2.38. The molecule has 184 valence electrons. The number of halogens is 2. The van der Waals surface area contributed by atoms with Crippen molar-refractivity contribution in [2.75, 3.05) is 13.7 Å². The molecular formula is C25H23Cl2NO6S. The van der Waals surface area contributed by atoms with Crippen molar-refractivity contribution in [1.82, 2.24) is 4.90 Å². The van der Waals surface area contributed by atoms with Gasteiger partial charge in [0.1, 0.15) is 17.4 Å². The van der Waals surface area contributed by atoms with Crippen LogP contribution in [-0.4, -0.2) is 36.5 Å². The Morgan fingerprint density at radius 2 is 1.77 bits per heavy atom. The van der Waals surface area contributed by atoms with Crippen LogP contribution in [0, 0.1) is 0 Å². The molecule has 0 amide bonds. The minimum atomic E-state index is -0.645. The van der Waals surface area contributed by atoms with Gasteiger partial charge in [0, 0.05) is 29.9 Å². The second-order valence-corrected chi connectivity index (χ2v) is 9.17. The van der Waals surface area contributed by atoms with E-state index in [0.29, 0.717) is 35.2 Å². The molecule has 1 atom stereocenters. The number of carbonyl (C=O) groups is 3. The number of thiophene rings is 1. The highest BCUT2D eigenvalue weighted by Gasteiger charge is 2.33. The number of benzene rings is 2. The molecule has 2 aromatic carbocycles. The van der Waals surface area contributed by atoms with Crippen LogP contribution in [0.15, 0.2) is 54.6 Å². The van der Waals surface area contributed by atoms with Crippen molar-refractivity contribution >= 4 is 53.3 Å². The van der Waals surface area contributed by atoms with Gasteiger partial charge >= 0.3 is 17.9 Å². The van der Waals surface area contributed by atoms with E-state index < -0.39 is 18.0 Å². The molecule has 0 bridgehead atoms. The van der Waals surface area contributed by atoms with Crippen LogP contribution in [0.3, 0.4) is 0 Å². The normalized spacial score (nSPS) is 13.7. The summed E-state index contributed by atoms with van der Waals surface area (Å²) in [5.74, 6) is -1.38. The molecule has 7 nitrogen and oxygen atoms in total. The molecule has 1 aliphatic rings. The van der Waals surface area contributed by atoms with E-state index in [1.807, 2.05) is 23.1 Å². The predicted molar refractivity (Wildman–Crippen MR) is 135 cm³/mol. The van der Waals surface area contributed by atoms with Gasteiger partial charge in [-0.15, -0.1) is 23.7 Å². The molecule has 0 N–H and O–H groups in total. The molecular weight excluding hydrogens is 513 g/mol. The smallest absolute Gasteiger partial charge is 0.348 e. The third-order valence-electron chi connectivity index (χ3n) is 5.42. The first kappa shape index (κ1) is 26.7. The molecule has 1 aromatic heterocycles. The quantitative estimate of drug-likeness (QED) is 0.315. The van der Waals surface area contributed by atoms with Crippen LogP contribution in [0.1, 0.15) is 39.3 Å². The lowest BCUT2D eigenvalue weighted by molar-refractivity contribution is -0.147. The zero-order chi connectivity index (χ0) is 24.2. The maximum atomic E-state index is 12.8. The molecule has 10 heteroatoms. The largest absolute Gasteiger partial charge is 0.468 e. The molecule has 0 unspecified atom stereocenters. The van der Waals surface area contributed by atoms with Crippen LogP contribution >= 0.6 is 35.3 Å². The monoisotopic (exact) mass is 535 g/mol. The number of methoxy groups -OCH3 is 1. The summed E-state index contributed by atoms with van der Waals surface area (Å²) in [5, 5.41) is 0.928. The van der Waals surface area contributed by atoms with E-state index in [2.05, 4.69) is 0 Å². The summed E-state index contributed by atoms with van der Waals surface area (Å²) in [7, 11) is 1.36. The van der Waals surface area contributed by atoms with Crippen LogP contribution in [0.2, 0.25) is 5.02 Å². The zero-order valence-electron chi connectivity index (χ0n) is 19.0. The maximum Gasteiger partial charge on any atom is 0.348 e. The van der Waals surface area contributed by atoms with E-state index in [4.69, 9.17) is 25.8 Å². The molecule has 0 saturated carbocycles. The second-order valence-electron chi connectivity index (χ2n) is 7.66. The Balaban J connectivity index is 0.00000342. The Morgan fingerprint density at radius 3 is 2.49 bits per heavy atom. The van der Waals surface area contributed by atoms with Crippen molar-refractivity contribution in [1.29, 1.82) is 0 Å². The average molecular weight is 536 g/mol. The van der Waals surface area contributed by atoms with E-state index in [9.17, 15) is 14.4 Å². The van der Waals surface area contributed by atoms with E-state index in [-0.39, 0.29) is 29.7 Å². The summed E-state index contributed by atoms with van der Waals surface area (Å²) in [6.07, 6.45) is 0.680. The number of fused-ring (bicyclic) bond motifs is 1. The van der Waals surface area contributed by atoms with Gasteiger partial charge in [0.25, 0.3) is 0 Å². The number of hydrogen-bond acceptors (Lipinski definition) is 8. The highest BCUT2D eigenvalue weighted by Crippen LogP contribution is 2.38. The van der Waals surface area contributed by atoms with Gasteiger partial charge in [-0.05, 0) is 41.8 Å². The van der Waals surface area contributed by atoms with Crippen molar-refractivity contribution in [3.8, 4) is 10.8 Å². The van der Waals surface area contributed by atoms with Crippen molar-refractivity contribution in [3.05, 3.63) is 81.2 Å². The van der Waals surface area contributed by atoms with Crippen LogP contribution in [-0.2, 0) is 27.3 Å². The Bertz CT molecular complexity index is 1240. The number of para-hydroxylation sites is 1. The van der Waals surface area contributed by atoms with Crippen LogP contribution < -0.4 is 9.47 Å². The lowest BCUT2D eigenvalue weighted by atomic mass is 10.0. The van der Waals surface area contributed by atoms with Crippen molar-refractivity contribution < 1.29 is 28.6 Å². The molecule has 0 aliphatic carbocycles. The third kappa shape index (κ3) is 6.02. The third-order valence-corrected chi connectivity index (χ3v) is 6.88. The molecule has 0 saturated heterocycles. The van der Waals surface area contributed by atoms with E-state index >= 15 is 0 Å². The van der Waals surface area contributed by atoms with Crippen LogP contribution in [0.4, 0.5) is 0 Å². The minimum Gasteiger partial charge on any atom is -0.468 e. The summed E-state index contributed by atoms with van der Waals surface area (Å²) in [4.78, 5) is 39.8. The minimum absolute atomic E-state index is 0. The van der Waals surface area contributed by atoms with Crippen molar-refractivity contribution in [3.63, 3.8) is 0 Å². The number of hydrogen-bond donors (Lipinski definition) is 0. The van der Waals surface area contributed by atoms with Gasteiger partial charge in [0.15, 0.2) is 5.06 Å². The average Bonchev–Trinajstić information content (AvgIpc) is 3.21. The summed E-state index contributed by atoms with van der Waals surface area (Å²) in [5.41, 5.74) is 1.81. The van der Waals surface area contributed by atoms with E-state index in [1.165, 1.54) is 31.4 Å². The van der Waals surface area contributed by atoms with Gasteiger partial charge in [-0.3, -0.25) is 9.69 Å². The zero-order valence-corrected chi connectivity index (χ0v) is 21.4. The van der Waals surface area contributed by atoms with E-state index in [0.717, 1.165) is 10.4 Å². The Kier molecular flexibility index (Phi) is 8.91. The first-order chi connectivity index (χ1) is 16.4. The highest BCUT2D eigenvalue weighted by molar-refractivity contribution is 7.14. The fourth-order valence-corrected chi connectivity index (χ4v) is 5.15. The van der Waals surface area contributed by atoms with Gasteiger partial charge in [-0.25, -0.2) is 9.59 Å². The summed E-state index contributed by atoms with van der Waals surface area (Å²) in [6.45, 7) is 2.35. The SMILES string of the molecule is COC(=O)[C@H](c1ccccc1Cl)N1CCc2sc(OC(=O)c3ccccc3OC(C)=O)cc2C1.Cl. The van der Waals surface area contributed by atoms with Gasteiger partial charge in [-0.2, -0.15) is 0 Å². The first-order valence-electron chi connectivity index (χ1n) is 10.5. The van der Waals surface area contributed by atoms with Gasteiger partial charge in [-0.1, -0.05) is 41.9 Å². The summed E-state index contributed by atoms with van der Waals surface area (Å²) in [6, 6.07) is 14.8. The fraction of sp³-hybridized carbons (Fsp3) is 0.240. The first-order valence-corrected chi connectivity index (χ1v) is 11.7. The van der Waals surface area contributed by atoms with Gasteiger partial charge in [0.05, 0.1) is 7.11 Å². The standard InChI is InChI=1S/C25H22ClNO6S.ClH/c1-15(28)32-20-10-6-4-8-18(20)24(29)33-22-13-16-14-27(12-11-21(16)34-22)23(25(30)31-2)17-7-3-5-9-19(17)26;/h3-10,13,23H,11-12,14H2,1-2H3;1H/t23-;/m0./s1. The summed E-state index contributed by atoms with van der Waals surface area (Å²) >= 11 is 7.77. The van der Waals surface area contributed by atoms with Crippen molar-refractivity contribution in [2.45, 2.75) is 25.9 Å². The Labute approximate surface area is 218 Å². The molecule has 2 heterocycles. The Hall–Kier alpha value is -2.91. The molecule has 1 aliphatic heterocycles. The van der Waals surface area contributed by atoms with Crippen LogP contribution in [0.5, 0.6) is 10.8 Å². The molecule has 4 rings (SSSR count). The molecule has 3 aromatic rings. The van der Waals surface area contributed by atoms with E-state index in [1.54, 1.807) is 30.3 Å². The number of nitrogens with zero attached hydrogens (tertiary/aromatic N) is 1. The lowest BCUT2D eigenvalue weighted by Gasteiger charge is -2.33. The molecule has 0 fully saturated rings. The number of carbonyl (C=O) groups excluding carboxylic acids is 3. The highest BCUT2D eigenvalue weighted by atomic mass is 35.5.